The molecule has 21 heavy (non-hydrogen) atoms. The van der Waals surface area contributed by atoms with Crippen molar-refractivity contribution in [1.29, 1.82) is 0 Å². The van der Waals surface area contributed by atoms with Gasteiger partial charge in [0.05, 0.1) is 6.26 Å². The first-order valence-corrected chi connectivity index (χ1v) is 9.34. The molecule has 0 spiro atoms. The first kappa shape index (κ1) is 16.4. The minimum atomic E-state index is -3.11. The van der Waals surface area contributed by atoms with E-state index in [1.165, 1.54) is 11.8 Å². The number of hydrogen-bond acceptors (Lipinski definition) is 4. The molecule has 0 aliphatic carbocycles. The van der Waals surface area contributed by atoms with E-state index in [-0.39, 0.29) is 6.04 Å². The second kappa shape index (κ2) is 6.85. The fourth-order valence-electron chi connectivity index (χ4n) is 2.72. The maximum Gasteiger partial charge on any atom is 0.208 e. The first-order chi connectivity index (χ1) is 9.82. The average Bonchev–Trinajstić information content (AvgIpc) is 2.76. The molecule has 1 N–H and O–H groups in total. The number of rotatable bonds is 6. The summed E-state index contributed by atoms with van der Waals surface area (Å²) in [6, 6.07) is 4.26. The number of likely N-dealkylation sites (tertiary alicyclic amines) is 1. The van der Waals surface area contributed by atoms with Crippen molar-refractivity contribution in [2.75, 3.05) is 19.3 Å². The summed E-state index contributed by atoms with van der Waals surface area (Å²) in [6.07, 6.45) is 5.03. The summed E-state index contributed by atoms with van der Waals surface area (Å²) >= 11 is 0. The van der Waals surface area contributed by atoms with Crippen molar-refractivity contribution in [3.63, 3.8) is 0 Å². The highest BCUT2D eigenvalue weighted by molar-refractivity contribution is 7.88. The summed E-state index contributed by atoms with van der Waals surface area (Å²) < 4.78 is 25.2. The molecule has 1 aromatic rings. The van der Waals surface area contributed by atoms with Gasteiger partial charge >= 0.3 is 0 Å². The van der Waals surface area contributed by atoms with Crippen LogP contribution in [0.25, 0.3) is 0 Å². The van der Waals surface area contributed by atoms with Gasteiger partial charge in [-0.25, -0.2) is 13.1 Å². The van der Waals surface area contributed by atoms with Crippen LogP contribution in [0.2, 0.25) is 0 Å². The average molecular weight is 311 g/mol. The van der Waals surface area contributed by atoms with Crippen LogP contribution in [0.1, 0.15) is 31.5 Å². The number of nitrogens with one attached hydrogen (secondary N) is 1. The van der Waals surface area contributed by atoms with Crippen molar-refractivity contribution in [1.82, 2.24) is 14.6 Å². The van der Waals surface area contributed by atoms with E-state index >= 15 is 0 Å². The summed E-state index contributed by atoms with van der Waals surface area (Å²) in [5.41, 5.74) is 2.31. The maximum absolute atomic E-state index is 11.2. The number of hydrogen-bond donors (Lipinski definition) is 1. The molecule has 1 aromatic heterocycles. The van der Waals surface area contributed by atoms with Gasteiger partial charge in [0, 0.05) is 37.6 Å². The van der Waals surface area contributed by atoms with Crippen molar-refractivity contribution in [3.05, 3.63) is 29.6 Å². The van der Waals surface area contributed by atoms with Crippen LogP contribution in [0.4, 0.5) is 0 Å². The minimum absolute atomic E-state index is 0.0353. The van der Waals surface area contributed by atoms with Gasteiger partial charge in [-0.05, 0) is 30.4 Å². The molecule has 118 valence electrons. The van der Waals surface area contributed by atoms with Gasteiger partial charge in [-0.3, -0.25) is 9.88 Å². The molecule has 6 heteroatoms. The molecule has 0 aromatic carbocycles. The van der Waals surface area contributed by atoms with Crippen molar-refractivity contribution < 1.29 is 8.42 Å². The third kappa shape index (κ3) is 5.73. The number of pyridine rings is 1. The summed E-state index contributed by atoms with van der Waals surface area (Å²) in [7, 11) is -3.11. The molecule has 1 unspecified atom stereocenters. The molecule has 0 amide bonds. The Balaban J connectivity index is 1.85. The van der Waals surface area contributed by atoms with Crippen LogP contribution >= 0.6 is 0 Å². The Labute approximate surface area is 127 Å². The monoisotopic (exact) mass is 311 g/mol. The second-order valence-corrected chi connectivity index (χ2v) is 8.15. The van der Waals surface area contributed by atoms with Gasteiger partial charge < -0.3 is 0 Å². The Kier molecular flexibility index (Phi) is 5.35. The second-order valence-electron chi connectivity index (χ2n) is 6.37. The topological polar surface area (TPSA) is 62.3 Å². The smallest absolute Gasteiger partial charge is 0.208 e. The van der Waals surface area contributed by atoms with Crippen LogP contribution < -0.4 is 4.72 Å². The Bertz CT molecular complexity index is 555. The highest BCUT2D eigenvalue weighted by Crippen LogP contribution is 2.14. The zero-order valence-electron chi connectivity index (χ0n) is 13.0. The van der Waals surface area contributed by atoms with Gasteiger partial charge in [0.2, 0.25) is 10.0 Å². The number of nitrogens with zero attached hydrogens (tertiary/aromatic N) is 2. The van der Waals surface area contributed by atoms with E-state index in [4.69, 9.17) is 0 Å². The van der Waals surface area contributed by atoms with E-state index < -0.39 is 10.0 Å². The molecule has 0 bridgehead atoms. The van der Waals surface area contributed by atoms with Gasteiger partial charge in [0.1, 0.15) is 0 Å². The molecular weight excluding hydrogens is 286 g/mol. The first-order valence-electron chi connectivity index (χ1n) is 7.45. The highest BCUT2D eigenvalue weighted by Gasteiger charge is 2.24. The summed E-state index contributed by atoms with van der Waals surface area (Å²) in [4.78, 5) is 6.77. The molecule has 0 saturated carbocycles. The molecule has 1 fully saturated rings. The van der Waals surface area contributed by atoms with Crippen molar-refractivity contribution >= 4 is 10.0 Å². The molecular formula is C15H25N3O2S. The molecule has 1 aliphatic rings. The fraction of sp³-hybridized carbons (Fsp3) is 0.667. The van der Waals surface area contributed by atoms with E-state index in [9.17, 15) is 8.42 Å². The van der Waals surface area contributed by atoms with E-state index in [0.717, 1.165) is 38.2 Å². The Morgan fingerprint density at radius 2 is 2.19 bits per heavy atom. The van der Waals surface area contributed by atoms with Gasteiger partial charge in [-0.2, -0.15) is 0 Å². The van der Waals surface area contributed by atoms with Crippen LogP contribution in [0.3, 0.4) is 0 Å². The van der Waals surface area contributed by atoms with Crippen LogP contribution in [0.15, 0.2) is 18.3 Å². The largest absolute Gasteiger partial charge is 0.297 e. The van der Waals surface area contributed by atoms with E-state index in [1.54, 1.807) is 0 Å². The SMILES string of the molecule is CC(C)Cc1ccc(CN2CCC(NS(C)(=O)=O)C2)cn1. The lowest BCUT2D eigenvalue weighted by molar-refractivity contribution is 0.324. The number of aromatic nitrogens is 1. The minimum Gasteiger partial charge on any atom is -0.297 e. The Hall–Kier alpha value is -0.980. The molecule has 5 nitrogen and oxygen atoms in total. The Morgan fingerprint density at radius 3 is 2.76 bits per heavy atom. The zero-order chi connectivity index (χ0) is 15.5. The summed E-state index contributed by atoms with van der Waals surface area (Å²) in [5.74, 6) is 0.616. The van der Waals surface area contributed by atoms with E-state index in [0.29, 0.717) is 5.92 Å². The standard InChI is InChI=1S/C15H25N3O2S/c1-12(2)8-14-5-4-13(9-16-14)10-18-7-6-15(11-18)17-21(3,19)20/h4-5,9,12,15,17H,6-8,10-11H2,1-3H3. The van der Waals surface area contributed by atoms with Crippen LogP contribution in [-0.4, -0.2) is 43.7 Å². The van der Waals surface area contributed by atoms with Crippen molar-refractivity contribution in [2.45, 2.75) is 39.3 Å². The van der Waals surface area contributed by atoms with Gasteiger partial charge in [-0.1, -0.05) is 19.9 Å². The van der Waals surface area contributed by atoms with E-state index in [1.807, 2.05) is 6.20 Å². The lowest BCUT2D eigenvalue weighted by Crippen LogP contribution is -2.36. The molecule has 0 radical (unpaired) electrons. The quantitative estimate of drug-likeness (QED) is 0.863. The van der Waals surface area contributed by atoms with Crippen molar-refractivity contribution in [2.24, 2.45) is 5.92 Å². The third-order valence-corrected chi connectivity index (χ3v) is 4.32. The van der Waals surface area contributed by atoms with Crippen LogP contribution in [0.5, 0.6) is 0 Å². The van der Waals surface area contributed by atoms with Gasteiger partial charge in [0.25, 0.3) is 0 Å². The van der Waals surface area contributed by atoms with Gasteiger partial charge in [0.15, 0.2) is 0 Å². The predicted molar refractivity (Wildman–Crippen MR) is 84.4 cm³/mol. The summed E-state index contributed by atoms with van der Waals surface area (Å²) in [5, 5.41) is 0. The van der Waals surface area contributed by atoms with Crippen LogP contribution in [0, 0.1) is 5.92 Å². The van der Waals surface area contributed by atoms with Crippen LogP contribution in [-0.2, 0) is 23.0 Å². The zero-order valence-corrected chi connectivity index (χ0v) is 13.9. The normalized spacial score (nSPS) is 20.3. The summed E-state index contributed by atoms with van der Waals surface area (Å²) in [6.45, 7) is 6.89. The number of sulfonamides is 1. The molecule has 2 heterocycles. The lowest BCUT2D eigenvalue weighted by atomic mass is 10.1. The maximum atomic E-state index is 11.2. The molecule has 2 rings (SSSR count). The molecule has 1 atom stereocenters. The van der Waals surface area contributed by atoms with Gasteiger partial charge in [-0.15, -0.1) is 0 Å². The predicted octanol–water partition coefficient (Wildman–Crippen LogP) is 1.40. The lowest BCUT2D eigenvalue weighted by Gasteiger charge is -2.16. The highest BCUT2D eigenvalue weighted by atomic mass is 32.2. The third-order valence-electron chi connectivity index (χ3n) is 3.56. The Morgan fingerprint density at radius 1 is 1.43 bits per heavy atom. The van der Waals surface area contributed by atoms with E-state index in [2.05, 4.69) is 40.6 Å². The van der Waals surface area contributed by atoms with Crippen molar-refractivity contribution in [3.8, 4) is 0 Å². The molecule has 1 saturated heterocycles. The fourth-order valence-corrected chi connectivity index (χ4v) is 3.52. The molecule has 1 aliphatic heterocycles.